The van der Waals surface area contributed by atoms with Gasteiger partial charge in [0.05, 0.1) is 6.54 Å². The van der Waals surface area contributed by atoms with Gasteiger partial charge in [-0.3, -0.25) is 9.59 Å². The molecular formula is C20H25N3O2. The van der Waals surface area contributed by atoms with Crippen molar-refractivity contribution in [1.29, 1.82) is 0 Å². The Morgan fingerprint density at radius 3 is 2.28 bits per heavy atom. The maximum atomic E-state index is 12.3. The number of aryl methyl sites for hydroxylation is 1. The fourth-order valence-electron chi connectivity index (χ4n) is 2.66. The van der Waals surface area contributed by atoms with Gasteiger partial charge in [-0.05, 0) is 42.2 Å². The Labute approximate surface area is 148 Å². The molecule has 0 heterocycles. The second kappa shape index (κ2) is 8.33. The van der Waals surface area contributed by atoms with Gasteiger partial charge in [0.25, 0.3) is 0 Å². The van der Waals surface area contributed by atoms with Crippen LogP contribution in [0, 0.1) is 6.92 Å². The molecule has 2 aromatic rings. The number of amides is 2. The normalized spacial score (nSPS) is 10.4. The van der Waals surface area contributed by atoms with Crippen LogP contribution in [-0.2, 0) is 9.59 Å². The fourth-order valence-corrected chi connectivity index (χ4v) is 2.66. The Morgan fingerprint density at radius 2 is 1.64 bits per heavy atom. The van der Waals surface area contributed by atoms with E-state index in [4.69, 9.17) is 0 Å². The van der Waals surface area contributed by atoms with Gasteiger partial charge >= 0.3 is 0 Å². The molecule has 2 rings (SSSR count). The van der Waals surface area contributed by atoms with Crippen molar-refractivity contribution >= 4 is 28.9 Å². The maximum Gasteiger partial charge on any atom is 0.243 e. The molecule has 0 radical (unpaired) electrons. The molecule has 5 nitrogen and oxygen atoms in total. The fraction of sp³-hybridized carbons (Fsp3) is 0.300. The van der Waals surface area contributed by atoms with Crippen LogP contribution < -0.4 is 16.0 Å². The van der Waals surface area contributed by atoms with Crippen LogP contribution in [0.2, 0.25) is 0 Å². The molecule has 25 heavy (non-hydrogen) atoms. The number of hydrogen-bond donors (Lipinski definition) is 3. The molecular weight excluding hydrogens is 314 g/mol. The van der Waals surface area contributed by atoms with Gasteiger partial charge in [-0.25, -0.2) is 0 Å². The Kier molecular flexibility index (Phi) is 6.17. The summed E-state index contributed by atoms with van der Waals surface area (Å²) in [6.45, 7) is 7.92. The molecule has 3 N–H and O–H groups in total. The van der Waals surface area contributed by atoms with E-state index in [0.29, 0.717) is 17.3 Å². The summed E-state index contributed by atoms with van der Waals surface area (Å²) in [5, 5.41) is 8.79. The first kappa shape index (κ1) is 18.5. The Hall–Kier alpha value is -2.82. The van der Waals surface area contributed by atoms with Gasteiger partial charge in [0, 0.05) is 24.0 Å². The number of para-hydroxylation sites is 1. The van der Waals surface area contributed by atoms with Crippen LogP contribution in [0.1, 0.15) is 37.8 Å². The molecule has 0 saturated carbocycles. The lowest BCUT2D eigenvalue weighted by Gasteiger charge is -2.17. The lowest BCUT2D eigenvalue weighted by Crippen LogP contribution is -2.22. The number of carbonyl (C=O) groups is 2. The van der Waals surface area contributed by atoms with Crippen LogP contribution in [0.3, 0.4) is 0 Å². The van der Waals surface area contributed by atoms with Gasteiger partial charge in [0.15, 0.2) is 0 Å². The highest BCUT2D eigenvalue weighted by Crippen LogP contribution is 2.27. The molecule has 5 heteroatoms. The molecule has 0 saturated heterocycles. The van der Waals surface area contributed by atoms with Crippen LogP contribution in [-0.4, -0.2) is 18.4 Å². The topological polar surface area (TPSA) is 70.2 Å². The molecule has 0 aliphatic carbocycles. The Balaban J connectivity index is 2.01. The minimum absolute atomic E-state index is 0.141. The van der Waals surface area contributed by atoms with E-state index >= 15 is 0 Å². The van der Waals surface area contributed by atoms with Crippen molar-refractivity contribution in [3.8, 4) is 0 Å². The second-order valence-electron chi connectivity index (χ2n) is 6.36. The van der Waals surface area contributed by atoms with Gasteiger partial charge in [-0.2, -0.15) is 0 Å². The first-order valence-corrected chi connectivity index (χ1v) is 8.37. The van der Waals surface area contributed by atoms with Crippen molar-refractivity contribution < 1.29 is 9.59 Å². The molecule has 0 aliphatic rings. The SMILES string of the molecule is CC(=O)Nc1cccc(NC(=O)CNc2c(C)cccc2C(C)C)c1. The van der Waals surface area contributed by atoms with Crippen LogP contribution in [0.4, 0.5) is 17.1 Å². The van der Waals surface area contributed by atoms with Crippen molar-refractivity contribution in [3.05, 3.63) is 53.6 Å². The van der Waals surface area contributed by atoms with Gasteiger partial charge in [0.1, 0.15) is 0 Å². The molecule has 0 unspecified atom stereocenters. The molecule has 2 aromatic carbocycles. The maximum absolute atomic E-state index is 12.3. The zero-order chi connectivity index (χ0) is 18.4. The van der Waals surface area contributed by atoms with Gasteiger partial charge < -0.3 is 16.0 Å². The van der Waals surface area contributed by atoms with Crippen molar-refractivity contribution in [1.82, 2.24) is 0 Å². The van der Waals surface area contributed by atoms with Crippen LogP contribution in [0.5, 0.6) is 0 Å². The van der Waals surface area contributed by atoms with Gasteiger partial charge in [0.2, 0.25) is 11.8 Å². The summed E-state index contributed by atoms with van der Waals surface area (Å²) in [5.41, 5.74) is 4.62. The van der Waals surface area contributed by atoms with Crippen LogP contribution in [0.15, 0.2) is 42.5 Å². The van der Waals surface area contributed by atoms with Gasteiger partial charge in [-0.1, -0.05) is 38.1 Å². The smallest absolute Gasteiger partial charge is 0.243 e. The molecule has 0 aliphatic heterocycles. The minimum Gasteiger partial charge on any atom is -0.376 e. The number of rotatable bonds is 6. The summed E-state index contributed by atoms with van der Waals surface area (Å²) in [6, 6.07) is 13.2. The number of carbonyl (C=O) groups excluding carboxylic acids is 2. The van der Waals surface area contributed by atoms with E-state index in [-0.39, 0.29) is 18.4 Å². The van der Waals surface area contributed by atoms with E-state index in [0.717, 1.165) is 11.3 Å². The van der Waals surface area contributed by atoms with Crippen LogP contribution in [0.25, 0.3) is 0 Å². The molecule has 0 atom stereocenters. The van der Waals surface area contributed by atoms with Crippen molar-refractivity contribution in [2.75, 3.05) is 22.5 Å². The minimum atomic E-state index is -0.147. The summed E-state index contributed by atoms with van der Waals surface area (Å²) in [6.07, 6.45) is 0. The summed E-state index contributed by atoms with van der Waals surface area (Å²) in [7, 11) is 0. The van der Waals surface area contributed by atoms with E-state index < -0.39 is 0 Å². The van der Waals surface area contributed by atoms with Crippen molar-refractivity contribution in [3.63, 3.8) is 0 Å². The van der Waals surface area contributed by atoms with E-state index in [1.807, 2.05) is 19.1 Å². The summed E-state index contributed by atoms with van der Waals surface area (Å²) in [4.78, 5) is 23.4. The molecule has 2 amide bonds. The highest BCUT2D eigenvalue weighted by molar-refractivity contribution is 5.95. The molecule has 0 spiro atoms. The van der Waals surface area contributed by atoms with E-state index in [1.165, 1.54) is 12.5 Å². The number of benzene rings is 2. The average molecular weight is 339 g/mol. The van der Waals surface area contributed by atoms with Crippen LogP contribution >= 0.6 is 0 Å². The monoisotopic (exact) mass is 339 g/mol. The molecule has 132 valence electrons. The lowest BCUT2D eigenvalue weighted by atomic mass is 9.98. The summed E-state index contributed by atoms with van der Waals surface area (Å²) in [5.74, 6) is 0.0867. The number of anilines is 3. The van der Waals surface area contributed by atoms with E-state index in [1.54, 1.807) is 24.3 Å². The van der Waals surface area contributed by atoms with Crippen molar-refractivity contribution in [2.45, 2.75) is 33.6 Å². The summed E-state index contributed by atoms with van der Waals surface area (Å²) >= 11 is 0. The molecule has 0 fully saturated rings. The standard InChI is InChI=1S/C20H25N3O2/c1-13(2)18-10-5-7-14(3)20(18)21-12-19(25)23-17-9-6-8-16(11-17)22-15(4)24/h5-11,13,21H,12H2,1-4H3,(H,22,24)(H,23,25). The Morgan fingerprint density at radius 1 is 1.00 bits per heavy atom. The second-order valence-corrected chi connectivity index (χ2v) is 6.36. The predicted molar refractivity (Wildman–Crippen MR) is 103 cm³/mol. The summed E-state index contributed by atoms with van der Waals surface area (Å²) < 4.78 is 0. The van der Waals surface area contributed by atoms with E-state index in [2.05, 4.69) is 35.9 Å². The quantitative estimate of drug-likeness (QED) is 0.741. The number of nitrogens with one attached hydrogen (secondary N) is 3. The average Bonchev–Trinajstić information content (AvgIpc) is 2.53. The third-order valence-corrected chi connectivity index (χ3v) is 3.82. The zero-order valence-electron chi connectivity index (χ0n) is 15.1. The zero-order valence-corrected chi connectivity index (χ0v) is 15.1. The Bertz CT molecular complexity index is 769. The molecule has 0 aromatic heterocycles. The first-order valence-electron chi connectivity index (χ1n) is 8.37. The predicted octanol–water partition coefficient (Wildman–Crippen LogP) is 4.13. The highest BCUT2D eigenvalue weighted by atomic mass is 16.2. The van der Waals surface area contributed by atoms with Gasteiger partial charge in [-0.15, -0.1) is 0 Å². The van der Waals surface area contributed by atoms with E-state index in [9.17, 15) is 9.59 Å². The highest BCUT2D eigenvalue weighted by Gasteiger charge is 2.10. The third-order valence-electron chi connectivity index (χ3n) is 3.82. The lowest BCUT2D eigenvalue weighted by molar-refractivity contribution is -0.115. The van der Waals surface area contributed by atoms with Crippen molar-refractivity contribution in [2.24, 2.45) is 0 Å². The largest absolute Gasteiger partial charge is 0.376 e. The third kappa shape index (κ3) is 5.35. The first-order chi connectivity index (χ1) is 11.9. The number of hydrogen-bond acceptors (Lipinski definition) is 3. The molecule has 0 bridgehead atoms.